The van der Waals surface area contributed by atoms with Crippen molar-refractivity contribution in [3.8, 4) is 6.07 Å². The summed E-state index contributed by atoms with van der Waals surface area (Å²) in [6, 6.07) is 4.19. The van der Waals surface area contributed by atoms with Crippen LogP contribution in [0.15, 0.2) is 11.1 Å². The summed E-state index contributed by atoms with van der Waals surface area (Å²) in [5.74, 6) is 0.816. The summed E-state index contributed by atoms with van der Waals surface area (Å²) in [5, 5.41) is 18.6. The molecule has 0 fully saturated rings. The van der Waals surface area contributed by atoms with Gasteiger partial charge in [-0.05, 0) is 37.3 Å². The Labute approximate surface area is 99.5 Å². The minimum Gasteiger partial charge on any atom is -0.396 e. The molecule has 0 saturated carbocycles. The second kappa shape index (κ2) is 5.33. The number of rotatable bonds is 4. The number of hydrogen-bond acceptors (Lipinski definition) is 4. The molecule has 0 spiro atoms. The van der Waals surface area contributed by atoms with Crippen molar-refractivity contribution < 1.29 is 5.11 Å². The van der Waals surface area contributed by atoms with Crippen LogP contribution in [0.5, 0.6) is 0 Å². The molecule has 1 heterocycles. The number of pyridine rings is 1. The second-order valence-electron chi connectivity index (χ2n) is 3.84. The highest BCUT2D eigenvalue weighted by Crippen LogP contribution is 2.27. The molecule has 0 bridgehead atoms. The first-order valence-corrected chi connectivity index (χ1v) is 6.50. The summed E-state index contributed by atoms with van der Waals surface area (Å²) in [5.41, 5.74) is 3.08. The topological polar surface area (TPSA) is 56.9 Å². The van der Waals surface area contributed by atoms with E-state index in [9.17, 15) is 0 Å². The minimum atomic E-state index is 0.194. The lowest BCUT2D eigenvalue weighted by Gasteiger charge is -2.05. The molecule has 4 heteroatoms. The van der Waals surface area contributed by atoms with Crippen molar-refractivity contribution in [2.45, 2.75) is 30.7 Å². The zero-order valence-corrected chi connectivity index (χ0v) is 9.89. The Hall–Kier alpha value is -1.05. The Bertz CT molecular complexity index is 426. The average molecular weight is 234 g/mol. The number of thioether (sulfide) groups is 1. The third-order valence-corrected chi connectivity index (χ3v) is 3.75. The fourth-order valence-corrected chi connectivity index (χ4v) is 2.78. The molecule has 2 rings (SSSR count). The van der Waals surface area contributed by atoms with Gasteiger partial charge in [0.1, 0.15) is 11.1 Å². The first-order valence-electron chi connectivity index (χ1n) is 5.51. The highest BCUT2D eigenvalue weighted by molar-refractivity contribution is 7.99. The van der Waals surface area contributed by atoms with Gasteiger partial charge in [0.05, 0.1) is 5.56 Å². The van der Waals surface area contributed by atoms with Gasteiger partial charge in [0, 0.05) is 18.1 Å². The summed E-state index contributed by atoms with van der Waals surface area (Å²) >= 11 is 1.57. The van der Waals surface area contributed by atoms with Crippen molar-refractivity contribution in [2.24, 2.45) is 0 Å². The third kappa shape index (κ3) is 2.37. The highest BCUT2D eigenvalue weighted by Gasteiger charge is 2.16. The summed E-state index contributed by atoms with van der Waals surface area (Å²) in [4.78, 5) is 4.55. The molecule has 0 atom stereocenters. The number of nitriles is 1. The van der Waals surface area contributed by atoms with Gasteiger partial charge in [0.25, 0.3) is 0 Å². The van der Waals surface area contributed by atoms with Crippen LogP contribution in [-0.2, 0) is 12.8 Å². The van der Waals surface area contributed by atoms with Crippen LogP contribution in [0.4, 0.5) is 0 Å². The van der Waals surface area contributed by atoms with Gasteiger partial charge in [-0.1, -0.05) is 0 Å². The van der Waals surface area contributed by atoms with Gasteiger partial charge >= 0.3 is 0 Å². The van der Waals surface area contributed by atoms with Crippen molar-refractivity contribution in [1.29, 1.82) is 5.26 Å². The number of aliphatic hydroxyl groups excluding tert-OH is 1. The van der Waals surface area contributed by atoms with E-state index in [0.717, 1.165) is 42.2 Å². The lowest BCUT2D eigenvalue weighted by atomic mass is 10.2. The van der Waals surface area contributed by atoms with Gasteiger partial charge < -0.3 is 5.11 Å². The Balaban J connectivity index is 2.20. The lowest BCUT2D eigenvalue weighted by Crippen LogP contribution is -1.96. The van der Waals surface area contributed by atoms with Gasteiger partial charge in [0.2, 0.25) is 0 Å². The van der Waals surface area contributed by atoms with Gasteiger partial charge in [-0.2, -0.15) is 5.26 Å². The van der Waals surface area contributed by atoms with Gasteiger partial charge in [0.15, 0.2) is 0 Å². The number of nitrogens with zero attached hydrogens (tertiary/aromatic N) is 2. The average Bonchev–Trinajstić information content (AvgIpc) is 2.75. The second-order valence-corrected chi connectivity index (χ2v) is 4.92. The maximum atomic E-state index is 9.05. The van der Waals surface area contributed by atoms with E-state index in [4.69, 9.17) is 10.4 Å². The van der Waals surface area contributed by atoms with Crippen LogP contribution >= 0.6 is 11.8 Å². The van der Waals surface area contributed by atoms with Crippen LogP contribution in [0.1, 0.15) is 29.7 Å². The van der Waals surface area contributed by atoms with Crippen molar-refractivity contribution in [3.05, 3.63) is 22.9 Å². The number of aryl methyl sites for hydroxylation is 2. The SMILES string of the molecule is N#Cc1cc2c(nc1SCCCO)CCC2. The molecule has 0 aliphatic heterocycles. The normalized spacial score (nSPS) is 13.5. The molecule has 0 amide bonds. The zero-order chi connectivity index (χ0) is 11.4. The molecular weight excluding hydrogens is 220 g/mol. The molecule has 1 aliphatic rings. The third-order valence-electron chi connectivity index (χ3n) is 2.68. The van der Waals surface area contributed by atoms with E-state index in [1.54, 1.807) is 11.8 Å². The van der Waals surface area contributed by atoms with Crippen molar-refractivity contribution in [2.75, 3.05) is 12.4 Å². The molecular formula is C12H14N2OS. The minimum absolute atomic E-state index is 0.194. The maximum Gasteiger partial charge on any atom is 0.114 e. The molecule has 84 valence electrons. The Morgan fingerprint density at radius 2 is 2.38 bits per heavy atom. The number of aliphatic hydroxyl groups is 1. The quantitative estimate of drug-likeness (QED) is 0.638. The van der Waals surface area contributed by atoms with E-state index in [0.29, 0.717) is 5.56 Å². The zero-order valence-electron chi connectivity index (χ0n) is 9.07. The number of aromatic nitrogens is 1. The first-order chi connectivity index (χ1) is 7.85. The summed E-state index contributed by atoms with van der Waals surface area (Å²) < 4.78 is 0. The molecule has 1 aliphatic carbocycles. The molecule has 0 radical (unpaired) electrons. The molecule has 1 aromatic rings. The van der Waals surface area contributed by atoms with Crippen molar-refractivity contribution in [1.82, 2.24) is 4.98 Å². The lowest BCUT2D eigenvalue weighted by molar-refractivity contribution is 0.296. The predicted octanol–water partition coefficient (Wildman–Crippen LogP) is 1.92. The first kappa shape index (κ1) is 11.4. The smallest absolute Gasteiger partial charge is 0.114 e. The Morgan fingerprint density at radius 3 is 3.12 bits per heavy atom. The van der Waals surface area contributed by atoms with Gasteiger partial charge in [-0.3, -0.25) is 0 Å². The van der Waals surface area contributed by atoms with E-state index in [1.807, 2.05) is 6.07 Å². The molecule has 0 aromatic carbocycles. The van der Waals surface area contributed by atoms with Crippen LogP contribution in [0.25, 0.3) is 0 Å². The van der Waals surface area contributed by atoms with Gasteiger partial charge in [-0.15, -0.1) is 11.8 Å². The van der Waals surface area contributed by atoms with E-state index >= 15 is 0 Å². The van der Waals surface area contributed by atoms with Crippen molar-refractivity contribution in [3.63, 3.8) is 0 Å². The molecule has 1 aromatic heterocycles. The maximum absolute atomic E-state index is 9.05. The van der Waals surface area contributed by atoms with Crippen LogP contribution in [0, 0.1) is 11.3 Å². The monoisotopic (exact) mass is 234 g/mol. The fourth-order valence-electron chi connectivity index (χ4n) is 1.88. The molecule has 3 nitrogen and oxygen atoms in total. The summed E-state index contributed by atoms with van der Waals surface area (Å²) in [7, 11) is 0. The Morgan fingerprint density at radius 1 is 1.50 bits per heavy atom. The van der Waals surface area contributed by atoms with Crippen LogP contribution in [-0.4, -0.2) is 22.5 Å². The predicted molar refractivity (Wildman–Crippen MR) is 63.4 cm³/mol. The molecule has 16 heavy (non-hydrogen) atoms. The summed E-state index contributed by atoms with van der Waals surface area (Å²) in [6.45, 7) is 0.194. The Kier molecular flexibility index (Phi) is 3.81. The van der Waals surface area contributed by atoms with Crippen LogP contribution < -0.4 is 0 Å². The van der Waals surface area contributed by atoms with Crippen LogP contribution in [0.3, 0.4) is 0 Å². The van der Waals surface area contributed by atoms with E-state index in [2.05, 4.69) is 11.1 Å². The van der Waals surface area contributed by atoms with Gasteiger partial charge in [-0.25, -0.2) is 4.98 Å². The molecule has 0 unspecified atom stereocenters. The molecule has 1 N–H and O–H groups in total. The molecule has 0 saturated heterocycles. The summed E-state index contributed by atoms with van der Waals surface area (Å²) in [6.07, 6.45) is 3.99. The largest absolute Gasteiger partial charge is 0.396 e. The fraction of sp³-hybridized carbons (Fsp3) is 0.500. The van der Waals surface area contributed by atoms with E-state index in [1.165, 1.54) is 5.56 Å². The highest BCUT2D eigenvalue weighted by atomic mass is 32.2. The standard InChI is InChI=1S/C12H14N2OS/c13-8-10-7-9-3-1-4-11(9)14-12(10)16-6-2-5-15/h7,15H,1-6H2. The number of fused-ring (bicyclic) bond motifs is 1. The van der Waals surface area contributed by atoms with E-state index in [-0.39, 0.29) is 6.61 Å². The van der Waals surface area contributed by atoms with Crippen molar-refractivity contribution >= 4 is 11.8 Å². The van der Waals surface area contributed by atoms with Crippen LogP contribution in [0.2, 0.25) is 0 Å². The van der Waals surface area contributed by atoms with E-state index < -0.39 is 0 Å². The number of hydrogen-bond donors (Lipinski definition) is 1.